The normalized spacial score (nSPS) is 19.2. The summed E-state index contributed by atoms with van der Waals surface area (Å²) in [6.45, 7) is 4.19. The highest BCUT2D eigenvalue weighted by Crippen LogP contribution is 2.26. The largest absolute Gasteiger partial charge is 0.481 e. The number of nitrogens with one attached hydrogen (secondary N) is 2. The highest BCUT2D eigenvalue weighted by Gasteiger charge is 2.48. The van der Waals surface area contributed by atoms with Crippen molar-refractivity contribution in [3.05, 3.63) is 35.9 Å². The van der Waals surface area contributed by atoms with Gasteiger partial charge in [-0.05, 0) is 24.8 Å². The predicted molar refractivity (Wildman–Crippen MR) is 246 cm³/mol. The minimum atomic E-state index is -1.59. The molecule has 0 aliphatic carbocycles. The molecule has 12 heteroatoms. The number of carboxylic acids is 1. The van der Waals surface area contributed by atoms with E-state index in [9.17, 15) is 34.5 Å². The van der Waals surface area contributed by atoms with Gasteiger partial charge in [0.2, 0.25) is 17.7 Å². The van der Waals surface area contributed by atoms with Crippen molar-refractivity contribution >= 4 is 23.7 Å². The van der Waals surface area contributed by atoms with Gasteiger partial charge in [0.15, 0.2) is 6.23 Å². The van der Waals surface area contributed by atoms with E-state index in [2.05, 4.69) is 24.5 Å². The Balaban J connectivity index is 2.12. The maximum Gasteiger partial charge on any atom is 0.303 e. The molecule has 62 heavy (non-hydrogen) atoms. The van der Waals surface area contributed by atoms with E-state index >= 15 is 0 Å². The van der Waals surface area contributed by atoms with Crippen molar-refractivity contribution in [1.29, 1.82) is 0 Å². The maximum absolute atomic E-state index is 14.2. The highest BCUT2D eigenvalue weighted by molar-refractivity contribution is 5.88. The fourth-order valence-electron chi connectivity index (χ4n) is 8.47. The first-order chi connectivity index (χ1) is 30.1. The number of rotatable bonds is 38. The molecule has 6 atom stereocenters. The van der Waals surface area contributed by atoms with Gasteiger partial charge in [-0.2, -0.15) is 0 Å². The predicted octanol–water partition coefficient (Wildman–Crippen LogP) is 8.90. The number of aliphatic hydroxyl groups excluding tert-OH is 3. The first kappa shape index (κ1) is 55.1. The van der Waals surface area contributed by atoms with Crippen LogP contribution in [0.2, 0.25) is 0 Å². The molecular formula is C50H87N3O9. The molecule has 1 heterocycles. The van der Waals surface area contributed by atoms with Crippen molar-refractivity contribution in [2.45, 2.75) is 243 Å². The molecule has 0 bridgehead atoms. The van der Waals surface area contributed by atoms with Gasteiger partial charge in [0.05, 0.1) is 6.61 Å². The number of unbranched alkanes of at least 4 members (excludes halogenated alkanes) is 23. The van der Waals surface area contributed by atoms with Gasteiger partial charge in [-0.3, -0.25) is 19.2 Å². The Morgan fingerprint density at radius 2 is 1.11 bits per heavy atom. The van der Waals surface area contributed by atoms with Crippen LogP contribution in [0.25, 0.3) is 0 Å². The summed E-state index contributed by atoms with van der Waals surface area (Å²) in [4.78, 5) is 53.9. The molecule has 356 valence electrons. The average Bonchev–Trinajstić information content (AvgIpc) is 3.26. The topological polar surface area (TPSA) is 186 Å². The van der Waals surface area contributed by atoms with E-state index in [-0.39, 0.29) is 38.0 Å². The van der Waals surface area contributed by atoms with E-state index in [0.29, 0.717) is 19.4 Å². The van der Waals surface area contributed by atoms with Crippen LogP contribution in [0.15, 0.2) is 30.3 Å². The summed E-state index contributed by atoms with van der Waals surface area (Å²) in [6.07, 6.45) is 24.0. The number of carboxylic acid groups (broad SMARTS) is 1. The van der Waals surface area contributed by atoms with Gasteiger partial charge in [0, 0.05) is 32.2 Å². The van der Waals surface area contributed by atoms with Crippen LogP contribution in [0.5, 0.6) is 0 Å². The van der Waals surface area contributed by atoms with E-state index in [1.807, 2.05) is 30.3 Å². The van der Waals surface area contributed by atoms with Gasteiger partial charge in [-0.25, -0.2) is 0 Å². The van der Waals surface area contributed by atoms with Crippen molar-refractivity contribution in [2.24, 2.45) is 0 Å². The number of carbonyl (C=O) groups excluding carboxylic acids is 3. The second-order valence-electron chi connectivity index (χ2n) is 17.8. The Labute approximate surface area is 374 Å². The summed E-state index contributed by atoms with van der Waals surface area (Å²) >= 11 is 0. The number of nitrogens with zero attached hydrogens (tertiary/aromatic N) is 1. The molecule has 0 spiro atoms. The van der Waals surface area contributed by atoms with Crippen molar-refractivity contribution < 1.29 is 44.3 Å². The number of benzene rings is 1. The van der Waals surface area contributed by atoms with Crippen LogP contribution in [0.1, 0.15) is 206 Å². The zero-order chi connectivity index (χ0) is 45.2. The van der Waals surface area contributed by atoms with Crippen molar-refractivity contribution in [2.75, 3.05) is 13.2 Å². The Hall–Kier alpha value is -3.06. The molecular weight excluding hydrogens is 787 g/mol. The number of aliphatic hydroxyl groups is 3. The van der Waals surface area contributed by atoms with Crippen LogP contribution in [-0.2, 0) is 30.3 Å². The molecule has 0 unspecified atom stereocenters. The van der Waals surface area contributed by atoms with Crippen LogP contribution in [0, 0.1) is 0 Å². The molecule has 3 amide bonds. The number of amides is 3. The molecule has 0 radical (unpaired) electrons. The van der Waals surface area contributed by atoms with E-state index in [1.165, 1.54) is 109 Å². The number of hydrogen-bond donors (Lipinski definition) is 6. The summed E-state index contributed by atoms with van der Waals surface area (Å²) in [5.74, 6) is -2.35. The monoisotopic (exact) mass is 874 g/mol. The molecule has 1 aliphatic rings. The lowest BCUT2D eigenvalue weighted by atomic mass is 9.94. The lowest BCUT2D eigenvalue weighted by Gasteiger charge is -2.47. The van der Waals surface area contributed by atoms with Crippen LogP contribution >= 0.6 is 0 Å². The van der Waals surface area contributed by atoms with E-state index in [4.69, 9.17) is 9.84 Å². The van der Waals surface area contributed by atoms with Gasteiger partial charge >= 0.3 is 5.97 Å². The minimum Gasteiger partial charge on any atom is -0.481 e. The first-order valence-corrected chi connectivity index (χ1v) is 24.9. The smallest absolute Gasteiger partial charge is 0.303 e. The van der Waals surface area contributed by atoms with E-state index in [1.54, 1.807) is 4.90 Å². The van der Waals surface area contributed by atoms with E-state index in [0.717, 1.165) is 44.1 Å². The van der Waals surface area contributed by atoms with Gasteiger partial charge in [0.1, 0.15) is 30.4 Å². The molecule has 0 saturated carbocycles. The molecule has 1 saturated heterocycles. The van der Waals surface area contributed by atoms with E-state index < -0.39 is 61.0 Å². The Bertz CT molecular complexity index is 1320. The van der Waals surface area contributed by atoms with Crippen LogP contribution < -0.4 is 10.6 Å². The third kappa shape index (κ3) is 24.1. The quantitative estimate of drug-likeness (QED) is 0.0353. The molecule has 1 aliphatic heterocycles. The average molecular weight is 874 g/mol. The van der Waals surface area contributed by atoms with Crippen molar-refractivity contribution in [3.8, 4) is 0 Å². The fourth-order valence-corrected chi connectivity index (χ4v) is 8.47. The van der Waals surface area contributed by atoms with Gasteiger partial charge in [-0.15, -0.1) is 0 Å². The lowest BCUT2D eigenvalue weighted by Crippen LogP contribution is -2.70. The van der Waals surface area contributed by atoms with Crippen molar-refractivity contribution in [3.63, 3.8) is 0 Å². The number of carbonyl (C=O) groups is 4. The van der Waals surface area contributed by atoms with Crippen molar-refractivity contribution in [1.82, 2.24) is 15.5 Å². The third-order valence-electron chi connectivity index (χ3n) is 12.3. The summed E-state index contributed by atoms with van der Waals surface area (Å²) in [7, 11) is 0. The zero-order valence-corrected chi connectivity index (χ0v) is 38.8. The zero-order valence-electron chi connectivity index (χ0n) is 38.8. The van der Waals surface area contributed by atoms with Crippen LogP contribution in [0.4, 0.5) is 0 Å². The molecule has 1 aromatic carbocycles. The molecule has 2 rings (SSSR count). The second-order valence-corrected chi connectivity index (χ2v) is 17.8. The minimum absolute atomic E-state index is 0.0972. The summed E-state index contributed by atoms with van der Waals surface area (Å²) in [6, 6.07) is 6.72. The first-order valence-electron chi connectivity index (χ1n) is 24.9. The second kappa shape index (κ2) is 35.3. The number of ether oxygens (including phenoxy) is 1. The van der Waals surface area contributed by atoms with Crippen LogP contribution in [-0.4, -0.2) is 98.8 Å². The van der Waals surface area contributed by atoms with Crippen LogP contribution in [0.3, 0.4) is 0 Å². The standard InChI is InChI=1S/C50H87N3O9/c1-3-5-7-9-11-13-15-16-17-18-19-20-22-24-29-35-44(56)53(37-30-25-23-21-14-12-10-8-6-4-2)50-46(48(60)47(59)42(39-54)62-50)52-49(61)41(38-40-32-27-26-28-33-40)51-43(55)34-31-36-45(57)58/h26-28,32-33,41-42,46-48,50,54,59-60H,3-25,29-31,34-39H2,1-2H3,(H,51,55)(H,52,61)(H,57,58)/t41-,42+,46+,47+,48+,50+/m0/s1. The summed E-state index contributed by atoms with van der Waals surface area (Å²) in [5.41, 5.74) is 0.761. The fraction of sp³-hybridized carbons (Fsp3) is 0.800. The molecule has 1 fully saturated rings. The molecule has 1 aromatic rings. The lowest BCUT2D eigenvalue weighted by molar-refractivity contribution is -0.231. The molecule has 6 N–H and O–H groups in total. The molecule has 12 nitrogen and oxygen atoms in total. The third-order valence-corrected chi connectivity index (χ3v) is 12.3. The summed E-state index contributed by atoms with van der Waals surface area (Å²) < 4.78 is 6.23. The van der Waals surface area contributed by atoms with Gasteiger partial charge < -0.3 is 40.7 Å². The molecule has 0 aromatic heterocycles. The van der Waals surface area contributed by atoms with Gasteiger partial charge in [0.25, 0.3) is 0 Å². The highest BCUT2D eigenvalue weighted by atomic mass is 16.5. The Morgan fingerprint density at radius 1 is 0.629 bits per heavy atom. The SMILES string of the molecule is CCCCCCCCCCCCCCCCCC(=O)N(CCCCCCCCCCCC)[C@@H]1O[C@H](CO)[C@@H](O)[C@H](O)[C@H]1NC(=O)[C@H](Cc1ccccc1)NC(=O)CCCC(=O)O. The van der Waals surface area contributed by atoms with Gasteiger partial charge in [-0.1, -0.05) is 192 Å². The number of hydrogen-bond acceptors (Lipinski definition) is 8. The Kier molecular flexibility index (Phi) is 31.4. The number of aliphatic carboxylic acids is 1. The summed E-state index contributed by atoms with van der Waals surface area (Å²) in [5, 5.41) is 47.4. The maximum atomic E-state index is 14.2. The Morgan fingerprint density at radius 3 is 1.60 bits per heavy atom.